The third kappa shape index (κ3) is 2.67. The molecule has 1 N–H and O–H groups in total. The molecule has 2 fully saturated rings. The van der Waals surface area contributed by atoms with Crippen molar-refractivity contribution in [2.45, 2.75) is 57.3 Å². The molecule has 0 radical (unpaired) electrons. The van der Waals surface area contributed by atoms with E-state index in [1.807, 2.05) is 0 Å². The van der Waals surface area contributed by atoms with Crippen molar-refractivity contribution in [3.05, 3.63) is 0 Å². The van der Waals surface area contributed by atoms with Gasteiger partial charge in [0.05, 0.1) is 24.9 Å². The maximum atomic E-state index is 12.9. The lowest BCUT2D eigenvalue weighted by atomic mass is 9.85. The Hall–Kier alpha value is -0.420. The zero-order valence-electron chi connectivity index (χ0n) is 12.4. The molecule has 0 aromatic rings. The molecule has 6 nitrogen and oxygen atoms in total. The molecule has 0 spiro atoms. The van der Waals surface area contributed by atoms with E-state index >= 15 is 0 Å². The first-order chi connectivity index (χ1) is 9.35. The fourth-order valence-corrected chi connectivity index (χ4v) is 5.47. The number of carbonyl (C=O) groups excluding carboxylic acids is 1. The summed E-state index contributed by atoms with van der Waals surface area (Å²) in [7, 11) is -3.53. The lowest BCUT2D eigenvalue weighted by Gasteiger charge is -2.45. The Labute approximate surface area is 120 Å². The second-order valence-electron chi connectivity index (χ2n) is 5.64. The van der Waals surface area contributed by atoms with Crippen LogP contribution in [0.3, 0.4) is 0 Å². The second-order valence-corrected chi connectivity index (χ2v) is 7.86. The van der Waals surface area contributed by atoms with Crippen LogP contribution in [0.15, 0.2) is 0 Å². The molecule has 2 heterocycles. The van der Waals surface area contributed by atoms with E-state index in [-0.39, 0.29) is 31.6 Å². The van der Waals surface area contributed by atoms with Crippen LogP contribution in [0.1, 0.15) is 40.0 Å². The summed E-state index contributed by atoms with van der Waals surface area (Å²) in [6, 6.07) is -0.178. The molecule has 20 heavy (non-hydrogen) atoms. The maximum Gasteiger partial charge on any atom is 0.343 e. The van der Waals surface area contributed by atoms with Gasteiger partial charge in [-0.2, -0.15) is 0 Å². The first kappa shape index (κ1) is 16.0. The van der Waals surface area contributed by atoms with Crippen LogP contribution < -0.4 is 0 Å². The Kier molecular flexibility index (Phi) is 4.59. The first-order valence-electron chi connectivity index (χ1n) is 7.27. The number of hydrogen-bond donors (Lipinski definition) is 1. The van der Waals surface area contributed by atoms with E-state index < -0.39 is 18.9 Å². The van der Waals surface area contributed by atoms with Gasteiger partial charge in [0.25, 0.3) is 0 Å². The van der Waals surface area contributed by atoms with Crippen LogP contribution in [0.5, 0.6) is 0 Å². The van der Waals surface area contributed by atoms with E-state index in [1.54, 1.807) is 25.7 Å². The van der Waals surface area contributed by atoms with Crippen molar-refractivity contribution < 1.29 is 23.5 Å². The molecule has 0 bridgehead atoms. The van der Waals surface area contributed by atoms with Gasteiger partial charge < -0.3 is 19.1 Å². The molecule has 2 saturated heterocycles. The Bertz CT molecular complexity index is 415. The van der Waals surface area contributed by atoms with Crippen molar-refractivity contribution in [1.82, 2.24) is 4.90 Å². The Balaban J connectivity index is 2.30. The highest BCUT2D eigenvalue weighted by atomic mass is 31.2. The molecule has 7 heteroatoms. The highest BCUT2D eigenvalue weighted by molar-refractivity contribution is 7.55. The van der Waals surface area contributed by atoms with Gasteiger partial charge in [-0.25, -0.2) is 0 Å². The van der Waals surface area contributed by atoms with E-state index in [0.29, 0.717) is 6.54 Å². The molecule has 1 amide bonds. The number of nitrogens with zero attached hydrogens (tertiary/aromatic N) is 1. The van der Waals surface area contributed by atoms with Crippen molar-refractivity contribution in [1.29, 1.82) is 0 Å². The summed E-state index contributed by atoms with van der Waals surface area (Å²) < 4.78 is 23.4. The summed E-state index contributed by atoms with van der Waals surface area (Å²) in [5.41, 5.74) is -1.94. The third-order valence-corrected chi connectivity index (χ3v) is 6.55. The highest BCUT2D eigenvalue weighted by Crippen LogP contribution is 2.58. The summed E-state index contributed by atoms with van der Waals surface area (Å²) in [4.78, 5) is 14.2. The summed E-state index contributed by atoms with van der Waals surface area (Å²) >= 11 is 0. The Morgan fingerprint density at radius 1 is 1.40 bits per heavy atom. The summed E-state index contributed by atoms with van der Waals surface area (Å²) in [5.74, 6) is -0.204. The smallest absolute Gasteiger partial charge is 0.343 e. The number of piperidine rings is 1. The van der Waals surface area contributed by atoms with Crippen LogP contribution in [0.4, 0.5) is 0 Å². The highest BCUT2D eigenvalue weighted by Gasteiger charge is 2.56. The number of rotatable bonds is 5. The number of fused-ring (bicyclic) bond motifs is 1. The van der Waals surface area contributed by atoms with Crippen LogP contribution in [-0.2, 0) is 18.4 Å². The lowest BCUT2D eigenvalue weighted by Crippen LogP contribution is -2.59. The summed E-state index contributed by atoms with van der Waals surface area (Å²) in [6.07, 6.45) is 1.79. The standard InChI is InChI=1S/C13H24NO5P/c1-4-18-20(17,19-5-2)10-9-13(3,16)11-7-6-8-14(11)12(10)15/h10-11,16H,4-9H2,1-3H3/t10?,11-,13-/m0/s1. The van der Waals surface area contributed by atoms with Gasteiger partial charge in [-0.15, -0.1) is 0 Å². The number of carbonyl (C=O) groups is 1. The molecule has 1 unspecified atom stereocenters. The second kappa shape index (κ2) is 5.76. The molecule has 2 aliphatic heterocycles. The number of amides is 1. The molecule has 2 rings (SSSR count). The van der Waals surface area contributed by atoms with E-state index in [0.717, 1.165) is 12.8 Å². The van der Waals surface area contributed by atoms with Crippen LogP contribution in [0, 0.1) is 0 Å². The van der Waals surface area contributed by atoms with Crippen LogP contribution in [-0.4, -0.2) is 53.0 Å². The minimum Gasteiger partial charge on any atom is -0.388 e. The SMILES string of the molecule is CCOP(=O)(OCC)C1C[C@](C)(O)[C@@H]2CCCN2C1=O. The number of hydrogen-bond acceptors (Lipinski definition) is 5. The lowest BCUT2D eigenvalue weighted by molar-refractivity contribution is -0.146. The molecule has 0 aromatic carbocycles. The van der Waals surface area contributed by atoms with Gasteiger partial charge in [-0.3, -0.25) is 9.36 Å². The first-order valence-corrected chi connectivity index (χ1v) is 8.88. The fraction of sp³-hybridized carbons (Fsp3) is 0.923. The topological polar surface area (TPSA) is 76.1 Å². The van der Waals surface area contributed by atoms with Crippen LogP contribution in [0.2, 0.25) is 0 Å². The van der Waals surface area contributed by atoms with E-state index in [1.165, 1.54) is 0 Å². The average Bonchev–Trinajstić information content (AvgIpc) is 2.85. The van der Waals surface area contributed by atoms with E-state index in [2.05, 4.69) is 0 Å². The third-order valence-electron chi connectivity index (χ3n) is 4.15. The molecule has 3 atom stereocenters. The van der Waals surface area contributed by atoms with Crippen LogP contribution in [0.25, 0.3) is 0 Å². The average molecular weight is 305 g/mol. The maximum absolute atomic E-state index is 12.9. The van der Waals surface area contributed by atoms with E-state index in [4.69, 9.17) is 9.05 Å². The predicted octanol–water partition coefficient (Wildman–Crippen LogP) is 1.77. The van der Waals surface area contributed by atoms with Crippen molar-refractivity contribution >= 4 is 13.5 Å². The quantitative estimate of drug-likeness (QED) is 0.783. The van der Waals surface area contributed by atoms with Crippen molar-refractivity contribution in [2.75, 3.05) is 19.8 Å². The van der Waals surface area contributed by atoms with Gasteiger partial charge in [0.1, 0.15) is 5.66 Å². The molecule has 116 valence electrons. The van der Waals surface area contributed by atoms with Gasteiger partial charge in [0.2, 0.25) is 5.91 Å². The molecule has 0 aliphatic carbocycles. The van der Waals surface area contributed by atoms with Gasteiger partial charge in [-0.1, -0.05) is 0 Å². The molecule has 2 aliphatic rings. The minimum absolute atomic E-state index is 0.129. The van der Waals surface area contributed by atoms with Gasteiger partial charge in [0, 0.05) is 13.0 Å². The summed E-state index contributed by atoms with van der Waals surface area (Å²) in [6.45, 7) is 6.18. The molecule has 0 aromatic heterocycles. The Morgan fingerprint density at radius 2 is 2.00 bits per heavy atom. The van der Waals surface area contributed by atoms with Gasteiger partial charge in [0.15, 0.2) is 0 Å². The zero-order chi connectivity index (χ0) is 15.0. The Morgan fingerprint density at radius 3 is 2.55 bits per heavy atom. The zero-order valence-corrected chi connectivity index (χ0v) is 13.3. The fourth-order valence-electron chi connectivity index (χ4n) is 3.31. The van der Waals surface area contributed by atoms with Crippen LogP contribution >= 0.6 is 7.60 Å². The molecular weight excluding hydrogens is 281 g/mol. The monoisotopic (exact) mass is 305 g/mol. The van der Waals surface area contributed by atoms with Gasteiger partial charge >= 0.3 is 7.60 Å². The minimum atomic E-state index is -3.53. The van der Waals surface area contributed by atoms with Crippen molar-refractivity contribution in [3.63, 3.8) is 0 Å². The van der Waals surface area contributed by atoms with Crippen molar-refractivity contribution in [2.24, 2.45) is 0 Å². The normalized spacial score (nSPS) is 34.4. The largest absolute Gasteiger partial charge is 0.388 e. The number of aliphatic hydroxyl groups is 1. The molecular formula is C13H24NO5P. The summed E-state index contributed by atoms with van der Waals surface area (Å²) in [5, 5.41) is 10.6. The molecule has 0 saturated carbocycles. The predicted molar refractivity (Wildman–Crippen MR) is 74.6 cm³/mol. The van der Waals surface area contributed by atoms with Gasteiger partial charge in [-0.05, 0) is 33.6 Å². The van der Waals surface area contributed by atoms with Crippen molar-refractivity contribution in [3.8, 4) is 0 Å². The van der Waals surface area contributed by atoms with E-state index in [9.17, 15) is 14.5 Å².